The highest BCUT2D eigenvalue weighted by Crippen LogP contribution is 2.58. The van der Waals surface area contributed by atoms with E-state index in [0.717, 1.165) is 23.7 Å². The molecule has 110 valence electrons. The first-order valence-electron chi connectivity index (χ1n) is 7.44. The number of nitrogens with zero attached hydrogens (tertiary/aromatic N) is 1. The van der Waals surface area contributed by atoms with Gasteiger partial charge in [0.2, 0.25) is 0 Å². The Kier molecular flexibility index (Phi) is 2.50. The Bertz CT molecular complexity index is 810. The van der Waals surface area contributed by atoms with Crippen molar-refractivity contribution in [2.75, 3.05) is 16.5 Å². The molecule has 1 saturated carbocycles. The fourth-order valence-electron chi connectivity index (χ4n) is 3.26. The third-order valence-corrected chi connectivity index (χ3v) is 5.55. The molecule has 3 aliphatic rings. The fraction of sp³-hybridized carbons (Fsp3) is 0.235. The van der Waals surface area contributed by atoms with Gasteiger partial charge < -0.3 is 15.1 Å². The lowest BCUT2D eigenvalue weighted by molar-refractivity contribution is 0.487. The molecule has 5 rings (SSSR count). The van der Waals surface area contributed by atoms with E-state index in [9.17, 15) is 0 Å². The second-order valence-corrected chi connectivity index (χ2v) is 6.94. The van der Waals surface area contributed by atoms with Crippen molar-refractivity contribution in [2.24, 2.45) is 5.92 Å². The normalized spacial score (nSPS) is 27.2. The lowest BCUT2D eigenvalue weighted by Crippen LogP contribution is -2.05. The molecule has 2 atom stereocenters. The monoisotopic (exact) mass is 309 g/mol. The van der Waals surface area contributed by atoms with Crippen molar-refractivity contribution in [1.82, 2.24) is 4.98 Å². The molecule has 2 N–H and O–H groups in total. The molecule has 5 heteroatoms. The van der Waals surface area contributed by atoms with Crippen LogP contribution in [0.5, 0.6) is 0 Å². The molecular formula is C17H15N3OS. The Balaban J connectivity index is 1.39. The number of nitrogens with one attached hydrogen (secondary N) is 2. The van der Waals surface area contributed by atoms with Gasteiger partial charge in [-0.3, -0.25) is 0 Å². The summed E-state index contributed by atoms with van der Waals surface area (Å²) < 4.78 is 5.96. The van der Waals surface area contributed by atoms with Gasteiger partial charge in [-0.05, 0) is 30.5 Å². The molecule has 1 fully saturated rings. The fourth-order valence-corrected chi connectivity index (χ4v) is 4.10. The van der Waals surface area contributed by atoms with Crippen LogP contribution in [0.1, 0.15) is 12.2 Å². The van der Waals surface area contributed by atoms with Crippen LogP contribution in [0.4, 0.5) is 17.4 Å². The number of hydrogen-bond acceptors (Lipinski definition) is 5. The molecule has 0 saturated heterocycles. The molecule has 22 heavy (non-hydrogen) atoms. The number of hydrogen-bond donors (Lipinski definition) is 2. The van der Waals surface area contributed by atoms with Gasteiger partial charge in [0, 0.05) is 10.6 Å². The third kappa shape index (κ3) is 1.82. The predicted molar refractivity (Wildman–Crippen MR) is 88.6 cm³/mol. The first-order valence-corrected chi connectivity index (χ1v) is 8.42. The summed E-state index contributed by atoms with van der Waals surface area (Å²) in [7, 11) is 0. The third-order valence-electron chi connectivity index (χ3n) is 4.59. The first-order chi connectivity index (χ1) is 10.8. The van der Waals surface area contributed by atoms with E-state index in [1.54, 1.807) is 0 Å². The highest BCUT2D eigenvalue weighted by atomic mass is 32.2. The number of fused-ring (bicyclic) bond motifs is 2. The van der Waals surface area contributed by atoms with Crippen LogP contribution in [-0.2, 0) is 5.41 Å². The largest absolute Gasteiger partial charge is 0.428 e. The van der Waals surface area contributed by atoms with Crippen LogP contribution < -0.4 is 10.6 Å². The lowest BCUT2D eigenvalue weighted by Gasteiger charge is -2.09. The van der Waals surface area contributed by atoms with Crippen LogP contribution in [0.2, 0.25) is 0 Å². The van der Waals surface area contributed by atoms with Crippen molar-refractivity contribution in [3.05, 3.63) is 54.5 Å². The lowest BCUT2D eigenvalue weighted by atomic mass is 9.97. The minimum atomic E-state index is 0.0534. The van der Waals surface area contributed by atoms with Gasteiger partial charge in [0.25, 0.3) is 6.01 Å². The summed E-state index contributed by atoms with van der Waals surface area (Å²) in [6.07, 6.45) is 11.7. The van der Waals surface area contributed by atoms with E-state index in [1.807, 2.05) is 18.0 Å². The minimum absolute atomic E-state index is 0.0534. The van der Waals surface area contributed by atoms with Crippen molar-refractivity contribution in [1.29, 1.82) is 0 Å². The van der Waals surface area contributed by atoms with Crippen LogP contribution in [-0.4, -0.2) is 10.9 Å². The van der Waals surface area contributed by atoms with Crippen molar-refractivity contribution in [2.45, 2.75) is 16.7 Å². The molecule has 2 unspecified atom stereocenters. The van der Waals surface area contributed by atoms with Gasteiger partial charge in [-0.25, -0.2) is 4.98 Å². The summed E-state index contributed by atoms with van der Waals surface area (Å²) in [6, 6.07) is 6.84. The number of anilines is 3. The number of benzene rings is 1. The minimum Gasteiger partial charge on any atom is -0.428 e. The second-order valence-electron chi connectivity index (χ2n) is 5.93. The zero-order valence-corrected chi connectivity index (χ0v) is 12.7. The number of oxazole rings is 1. The number of rotatable bonds is 3. The van der Waals surface area contributed by atoms with Crippen molar-refractivity contribution < 1.29 is 4.42 Å². The Morgan fingerprint density at radius 1 is 1.36 bits per heavy atom. The van der Waals surface area contributed by atoms with Gasteiger partial charge >= 0.3 is 0 Å². The van der Waals surface area contributed by atoms with Crippen molar-refractivity contribution in [3.63, 3.8) is 0 Å². The molecule has 1 aromatic carbocycles. The Hall–Kier alpha value is -2.14. The van der Waals surface area contributed by atoms with Gasteiger partial charge in [-0.2, -0.15) is 0 Å². The zero-order valence-electron chi connectivity index (χ0n) is 11.9. The molecular weight excluding hydrogens is 294 g/mol. The molecule has 2 aliphatic carbocycles. The highest BCUT2D eigenvalue weighted by Gasteiger charge is 2.55. The highest BCUT2D eigenvalue weighted by molar-refractivity contribution is 7.99. The van der Waals surface area contributed by atoms with E-state index in [0.29, 0.717) is 11.9 Å². The van der Waals surface area contributed by atoms with Crippen molar-refractivity contribution in [3.8, 4) is 0 Å². The molecule has 0 amide bonds. The summed E-state index contributed by atoms with van der Waals surface area (Å²) in [5, 5.41) is 6.61. The van der Waals surface area contributed by atoms with Crippen molar-refractivity contribution >= 4 is 29.2 Å². The zero-order chi connectivity index (χ0) is 14.6. The predicted octanol–water partition coefficient (Wildman–Crippen LogP) is 4.28. The maximum atomic E-state index is 5.96. The van der Waals surface area contributed by atoms with Gasteiger partial charge in [0.1, 0.15) is 5.76 Å². The van der Waals surface area contributed by atoms with Crippen LogP contribution in [0, 0.1) is 5.92 Å². The molecule has 1 aliphatic heterocycles. The summed E-state index contributed by atoms with van der Waals surface area (Å²) in [5.41, 5.74) is 2.21. The maximum absolute atomic E-state index is 5.96. The second kappa shape index (κ2) is 4.43. The van der Waals surface area contributed by atoms with E-state index < -0.39 is 0 Å². The maximum Gasteiger partial charge on any atom is 0.299 e. The van der Waals surface area contributed by atoms with E-state index in [-0.39, 0.29) is 5.41 Å². The summed E-state index contributed by atoms with van der Waals surface area (Å²) in [4.78, 5) is 5.68. The van der Waals surface area contributed by atoms with E-state index in [2.05, 4.69) is 58.1 Å². The van der Waals surface area contributed by atoms with Crippen LogP contribution in [0.25, 0.3) is 0 Å². The molecule has 2 heterocycles. The van der Waals surface area contributed by atoms with Gasteiger partial charge in [-0.1, -0.05) is 24.3 Å². The summed E-state index contributed by atoms with van der Waals surface area (Å²) in [6.45, 7) is 0. The van der Waals surface area contributed by atoms with Crippen LogP contribution >= 0.6 is 11.8 Å². The molecule has 0 bridgehead atoms. The van der Waals surface area contributed by atoms with E-state index in [1.165, 1.54) is 10.6 Å². The Morgan fingerprint density at radius 3 is 3.32 bits per heavy atom. The number of allylic oxidation sites excluding steroid dienone is 4. The smallest absolute Gasteiger partial charge is 0.299 e. The van der Waals surface area contributed by atoms with E-state index in [4.69, 9.17) is 4.42 Å². The summed E-state index contributed by atoms with van der Waals surface area (Å²) in [5.74, 6) is 2.46. The van der Waals surface area contributed by atoms with Crippen LogP contribution in [0.15, 0.2) is 58.0 Å². The molecule has 4 nitrogen and oxygen atoms in total. The standard InChI is InChI=1S/C17H15N3OS/c1-2-6-17(8-11(17)3-1)15-9-18-16(21-15)20-12-4-5-14-13(7-12)19-10-22-14/h1-7,9,11,19H,8,10H2,(H,18,20). The SMILES string of the molecule is C1=CC2CC2(c2cnc(Nc3ccc4c(c3)NCS4)o2)C=C1. The van der Waals surface area contributed by atoms with E-state index >= 15 is 0 Å². The van der Waals surface area contributed by atoms with Gasteiger partial charge in [0.05, 0.1) is 23.2 Å². The topological polar surface area (TPSA) is 50.1 Å². The average Bonchev–Trinajstić information content (AvgIpc) is 2.87. The quantitative estimate of drug-likeness (QED) is 0.886. The number of aromatic nitrogens is 1. The van der Waals surface area contributed by atoms with Crippen LogP contribution in [0.3, 0.4) is 0 Å². The molecule has 2 aromatic rings. The Labute approximate surface area is 132 Å². The number of thioether (sulfide) groups is 1. The summed E-state index contributed by atoms with van der Waals surface area (Å²) >= 11 is 1.82. The molecule has 0 spiro atoms. The molecule has 1 aromatic heterocycles. The van der Waals surface area contributed by atoms with Gasteiger partial charge in [0.15, 0.2) is 0 Å². The molecule has 0 radical (unpaired) electrons. The Morgan fingerprint density at radius 2 is 2.36 bits per heavy atom. The van der Waals surface area contributed by atoms with Gasteiger partial charge in [-0.15, -0.1) is 11.8 Å². The average molecular weight is 309 g/mol. The first kappa shape index (κ1) is 12.4.